The summed E-state index contributed by atoms with van der Waals surface area (Å²) in [6, 6.07) is 4.86. The lowest BCUT2D eigenvalue weighted by Crippen LogP contribution is -2.44. The molecule has 1 aliphatic rings. The lowest BCUT2D eigenvalue weighted by molar-refractivity contribution is -0.125. The zero-order chi connectivity index (χ0) is 14.0. The summed E-state index contributed by atoms with van der Waals surface area (Å²) >= 11 is 9.29. The second-order valence-corrected chi connectivity index (χ2v) is 5.63. The molecule has 6 heteroatoms. The molecule has 1 atom stereocenters. The molecule has 1 N–H and O–H groups in total. The SMILES string of the molecule is CCC1NC(=O)CCN(c2ccc(Cl)c(Br)c2)C1=O. The fourth-order valence-electron chi connectivity index (χ4n) is 2.03. The summed E-state index contributed by atoms with van der Waals surface area (Å²) in [5.74, 6) is -0.168. The fraction of sp³-hybridized carbons (Fsp3) is 0.385. The number of amides is 2. The topological polar surface area (TPSA) is 49.4 Å². The molecule has 1 fully saturated rings. The highest BCUT2D eigenvalue weighted by molar-refractivity contribution is 9.10. The van der Waals surface area contributed by atoms with E-state index in [0.717, 1.165) is 10.2 Å². The van der Waals surface area contributed by atoms with E-state index in [2.05, 4.69) is 21.2 Å². The Bertz CT molecular complexity index is 521. The van der Waals surface area contributed by atoms with Crippen LogP contribution in [0.25, 0.3) is 0 Å². The van der Waals surface area contributed by atoms with Crippen LogP contribution in [0.3, 0.4) is 0 Å². The van der Waals surface area contributed by atoms with Crippen molar-refractivity contribution in [1.82, 2.24) is 5.32 Å². The first-order valence-corrected chi connectivity index (χ1v) is 7.25. The first-order chi connectivity index (χ1) is 9.02. The highest BCUT2D eigenvalue weighted by Gasteiger charge is 2.29. The van der Waals surface area contributed by atoms with Crippen molar-refractivity contribution in [3.8, 4) is 0 Å². The van der Waals surface area contributed by atoms with Crippen LogP contribution in [-0.4, -0.2) is 24.4 Å². The minimum atomic E-state index is -0.454. The number of carbonyl (C=O) groups is 2. The Morgan fingerprint density at radius 3 is 2.84 bits per heavy atom. The quantitative estimate of drug-likeness (QED) is 0.896. The summed E-state index contributed by atoms with van der Waals surface area (Å²) in [5.41, 5.74) is 0.747. The molecule has 1 heterocycles. The highest BCUT2D eigenvalue weighted by atomic mass is 79.9. The van der Waals surface area contributed by atoms with Gasteiger partial charge in [-0.3, -0.25) is 9.59 Å². The molecule has 0 aliphatic carbocycles. The van der Waals surface area contributed by atoms with E-state index in [1.54, 1.807) is 23.1 Å². The second-order valence-electron chi connectivity index (χ2n) is 4.37. The van der Waals surface area contributed by atoms with Crippen LogP contribution in [0.5, 0.6) is 0 Å². The molecule has 102 valence electrons. The minimum Gasteiger partial charge on any atom is -0.344 e. The van der Waals surface area contributed by atoms with Crippen LogP contribution in [0, 0.1) is 0 Å². The molecule has 1 aromatic carbocycles. The van der Waals surface area contributed by atoms with E-state index in [1.807, 2.05) is 6.92 Å². The Hall–Kier alpha value is -1.07. The molecule has 0 saturated carbocycles. The van der Waals surface area contributed by atoms with Gasteiger partial charge in [0.25, 0.3) is 0 Å². The molecular formula is C13H14BrClN2O2. The highest BCUT2D eigenvalue weighted by Crippen LogP contribution is 2.28. The molecule has 2 amide bonds. The number of carbonyl (C=O) groups excluding carboxylic acids is 2. The number of rotatable bonds is 2. The second kappa shape index (κ2) is 5.92. The zero-order valence-corrected chi connectivity index (χ0v) is 12.8. The lowest BCUT2D eigenvalue weighted by Gasteiger charge is -2.23. The van der Waals surface area contributed by atoms with Crippen molar-refractivity contribution in [3.05, 3.63) is 27.7 Å². The normalized spacial score (nSPS) is 20.2. The van der Waals surface area contributed by atoms with Gasteiger partial charge in [0, 0.05) is 23.1 Å². The molecule has 2 rings (SSSR count). The summed E-state index contributed by atoms with van der Waals surface area (Å²) in [6.45, 7) is 2.26. The first kappa shape index (κ1) is 14.3. The number of hydrogen-bond donors (Lipinski definition) is 1. The van der Waals surface area contributed by atoms with E-state index in [4.69, 9.17) is 11.6 Å². The van der Waals surface area contributed by atoms with Gasteiger partial charge < -0.3 is 10.2 Å². The van der Waals surface area contributed by atoms with Gasteiger partial charge in [-0.2, -0.15) is 0 Å². The van der Waals surface area contributed by atoms with Gasteiger partial charge >= 0.3 is 0 Å². The molecule has 0 aromatic heterocycles. The van der Waals surface area contributed by atoms with E-state index in [1.165, 1.54) is 0 Å². The summed E-state index contributed by atoms with van der Waals surface area (Å²) in [5, 5.41) is 3.33. The maximum absolute atomic E-state index is 12.4. The van der Waals surface area contributed by atoms with Crippen LogP contribution in [0.2, 0.25) is 5.02 Å². The Kier molecular flexibility index (Phi) is 4.47. The number of benzene rings is 1. The maximum atomic E-state index is 12.4. The van der Waals surface area contributed by atoms with Crippen molar-refractivity contribution in [3.63, 3.8) is 0 Å². The van der Waals surface area contributed by atoms with Crippen molar-refractivity contribution < 1.29 is 9.59 Å². The smallest absolute Gasteiger partial charge is 0.249 e. The molecule has 19 heavy (non-hydrogen) atoms. The Morgan fingerprint density at radius 2 is 2.21 bits per heavy atom. The van der Waals surface area contributed by atoms with Crippen molar-refractivity contribution in [2.45, 2.75) is 25.8 Å². The molecular weight excluding hydrogens is 332 g/mol. The molecule has 4 nitrogen and oxygen atoms in total. The third-order valence-corrected chi connectivity index (χ3v) is 4.30. The number of halogens is 2. The third-order valence-electron chi connectivity index (χ3n) is 3.08. The van der Waals surface area contributed by atoms with E-state index in [0.29, 0.717) is 24.4 Å². The minimum absolute atomic E-state index is 0.0810. The fourth-order valence-corrected chi connectivity index (χ4v) is 2.51. The molecule has 1 aliphatic heterocycles. The zero-order valence-electron chi connectivity index (χ0n) is 10.5. The van der Waals surface area contributed by atoms with Gasteiger partial charge in [-0.25, -0.2) is 0 Å². The largest absolute Gasteiger partial charge is 0.344 e. The Labute approximate surface area is 125 Å². The van der Waals surface area contributed by atoms with Crippen LogP contribution in [0.1, 0.15) is 19.8 Å². The molecule has 0 bridgehead atoms. The average molecular weight is 346 g/mol. The number of nitrogens with zero attached hydrogens (tertiary/aromatic N) is 1. The maximum Gasteiger partial charge on any atom is 0.249 e. The van der Waals surface area contributed by atoms with Gasteiger partial charge in [-0.1, -0.05) is 18.5 Å². The molecule has 1 aromatic rings. The number of hydrogen-bond acceptors (Lipinski definition) is 2. The predicted octanol–water partition coefficient (Wildman–Crippen LogP) is 2.73. The molecule has 0 spiro atoms. The monoisotopic (exact) mass is 344 g/mol. The van der Waals surface area contributed by atoms with Crippen LogP contribution < -0.4 is 10.2 Å². The standard InChI is InChI=1S/C13H14BrClN2O2/c1-2-11-13(19)17(6-5-12(18)16-11)8-3-4-10(15)9(14)7-8/h3-4,7,11H,2,5-6H2,1H3,(H,16,18). The molecule has 1 saturated heterocycles. The van der Waals surface area contributed by atoms with Gasteiger partial charge in [-0.15, -0.1) is 0 Å². The van der Waals surface area contributed by atoms with Gasteiger partial charge in [0.2, 0.25) is 11.8 Å². The van der Waals surface area contributed by atoms with Crippen molar-refractivity contribution in [2.75, 3.05) is 11.4 Å². The van der Waals surface area contributed by atoms with Gasteiger partial charge in [-0.05, 0) is 40.5 Å². The van der Waals surface area contributed by atoms with E-state index < -0.39 is 6.04 Å². The summed E-state index contributed by atoms with van der Waals surface area (Å²) < 4.78 is 0.732. The first-order valence-electron chi connectivity index (χ1n) is 6.08. The van der Waals surface area contributed by atoms with E-state index >= 15 is 0 Å². The van der Waals surface area contributed by atoms with E-state index in [-0.39, 0.29) is 11.8 Å². The third kappa shape index (κ3) is 3.09. The molecule has 0 radical (unpaired) electrons. The predicted molar refractivity (Wildman–Crippen MR) is 78.3 cm³/mol. The van der Waals surface area contributed by atoms with Gasteiger partial charge in [0.05, 0.1) is 5.02 Å². The van der Waals surface area contributed by atoms with Crippen LogP contribution in [0.4, 0.5) is 5.69 Å². The van der Waals surface area contributed by atoms with Crippen LogP contribution in [0.15, 0.2) is 22.7 Å². The summed E-state index contributed by atoms with van der Waals surface area (Å²) in [7, 11) is 0. The number of nitrogens with one attached hydrogen (secondary N) is 1. The summed E-state index contributed by atoms with van der Waals surface area (Å²) in [6.07, 6.45) is 0.887. The molecule has 1 unspecified atom stereocenters. The van der Waals surface area contributed by atoms with Crippen molar-refractivity contribution in [1.29, 1.82) is 0 Å². The van der Waals surface area contributed by atoms with Crippen molar-refractivity contribution >= 4 is 45.0 Å². The van der Waals surface area contributed by atoms with E-state index in [9.17, 15) is 9.59 Å². The Balaban J connectivity index is 2.33. The van der Waals surface area contributed by atoms with Gasteiger partial charge in [0.15, 0.2) is 0 Å². The van der Waals surface area contributed by atoms with Crippen molar-refractivity contribution in [2.24, 2.45) is 0 Å². The Morgan fingerprint density at radius 1 is 1.47 bits per heavy atom. The number of anilines is 1. The van der Waals surface area contributed by atoms with Crippen LogP contribution >= 0.6 is 27.5 Å². The summed E-state index contributed by atoms with van der Waals surface area (Å²) in [4.78, 5) is 25.6. The van der Waals surface area contributed by atoms with Crippen LogP contribution in [-0.2, 0) is 9.59 Å². The van der Waals surface area contributed by atoms with Gasteiger partial charge in [0.1, 0.15) is 6.04 Å². The average Bonchev–Trinajstić information content (AvgIpc) is 2.53. The lowest BCUT2D eigenvalue weighted by atomic mass is 10.2.